The molecule has 0 bridgehead atoms. The SMILES string of the molecule is O=C(Nc1nc(-c2ccc(O)cc2)c(Cc2ccccc2)s1)c1cc(O)c(O)c(O)c1. The Kier molecular flexibility index (Phi) is 5.46. The standard InChI is InChI=1S/C23H18N2O5S/c26-16-8-6-14(7-9-16)20-19(10-13-4-2-1-3-5-13)31-23(24-20)25-22(30)15-11-17(27)21(29)18(28)12-15/h1-9,11-12,26-29H,10H2,(H,24,25,30). The molecule has 0 aliphatic rings. The van der Waals surface area contributed by atoms with Crippen LogP contribution in [-0.4, -0.2) is 31.3 Å². The Labute approximate surface area is 181 Å². The number of phenols is 4. The molecule has 0 atom stereocenters. The predicted molar refractivity (Wildman–Crippen MR) is 118 cm³/mol. The first kappa shape index (κ1) is 20.2. The smallest absolute Gasteiger partial charge is 0.257 e. The number of anilines is 1. The average Bonchev–Trinajstić information content (AvgIpc) is 3.14. The van der Waals surface area contributed by atoms with Gasteiger partial charge >= 0.3 is 0 Å². The summed E-state index contributed by atoms with van der Waals surface area (Å²) in [5, 5.41) is 41.4. The number of aromatic hydroxyl groups is 4. The van der Waals surface area contributed by atoms with E-state index in [0.717, 1.165) is 28.1 Å². The largest absolute Gasteiger partial charge is 0.508 e. The van der Waals surface area contributed by atoms with Crippen LogP contribution in [0.2, 0.25) is 0 Å². The zero-order valence-corrected chi connectivity index (χ0v) is 16.9. The maximum absolute atomic E-state index is 12.6. The van der Waals surface area contributed by atoms with Gasteiger partial charge in [0.15, 0.2) is 22.4 Å². The summed E-state index contributed by atoms with van der Waals surface area (Å²) in [7, 11) is 0. The molecule has 0 saturated heterocycles. The van der Waals surface area contributed by atoms with Crippen molar-refractivity contribution in [1.82, 2.24) is 4.98 Å². The third-order valence-electron chi connectivity index (χ3n) is 4.60. The fourth-order valence-electron chi connectivity index (χ4n) is 3.06. The lowest BCUT2D eigenvalue weighted by Crippen LogP contribution is -2.11. The first-order valence-electron chi connectivity index (χ1n) is 9.30. The quantitative estimate of drug-likeness (QED) is 0.295. The number of nitrogens with zero attached hydrogens (tertiary/aromatic N) is 1. The highest BCUT2D eigenvalue weighted by atomic mass is 32.1. The van der Waals surface area contributed by atoms with Crippen LogP contribution in [0.5, 0.6) is 23.0 Å². The summed E-state index contributed by atoms with van der Waals surface area (Å²) in [5.41, 5.74) is 2.53. The summed E-state index contributed by atoms with van der Waals surface area (Å²) in [5.74, 6) is -2.34. The number of thiazole rings is 1. The van der Waals surface area contributed by atoms with Crippen molar-refractivity contribution in [1.29, 1.82) is 0 Å². The molecule has 0 saturated carbocycles. The normalized spacial score (nSPS) is 10.7. The van der Waals surface area contributed by atoms with E-state index in [1.807, 2.05) is 30.3 Å². The van der Waals surface area contributed by atoms with Crippen LogP contribution in [0.25, 0.3) is 11.3 Å². The number of amides is 1. The van der Waals surface area contributed by atoms with Crippen LogP contribution in [0.1, 0.15) is 20.8 Å². The van der Waals surface area contributed by atoms with Crippen LogP contribution in [0, 0.1) is 0 Å². The lowest BCUT2D eigenvalue weighted by atomic mass is 10.1. The van der Waals surface area contributed by atoms with Gasteiger partial charge in [-0.1, -0.05) is 30.3 Å². The van der Waals surface area contributed by atoms with Gasteiger partial charge in [-0.2, -0.15) is 0 Å². The van der Waals surface area contributed by atoms with E-state index in [0.29, 0.717) is 17.2 Å². The molecule has 1 heterocycles. The maximum Gasteiger partial charge on any atom is 0.257 e. The molecule has 0 spiro atoms. The van der Waals surface area contributed by atoms with Crippen LogP contribution in [0.3, 0.4) is 0 Å². The Morgan fingerprint density at radius 1 is 0.903 bits per heavy atom. The summed E-state index contributed by atoms with van der Waals surface area (Å²) in [6.07, 6.45) is 0.603. The van der Waals surface area contributed by atoms with Gasteiger partial charge in [-0.3, -0.25) is 10.1 Å². The number of carbonyl (C=O) groups is 1. The first-order valence-corrected chi connectivity index (χ1v) is 10.1. The van der Waals surface area contributed by atoms with Crippen LogP contribution in [0.15, 0.2) is 66.7 Å². The van der Waals surface area contributed by atoms with Crippen molar-refractivity contribution in [2.75, 3.05) is 5.32 Å². The van der Waals surface area contributed by atoms with Crippen LogP contribution in [0.4, 0.5) is 5.13 Å². The average molecular weight is 434 g/mol. The summed E-state index contributed by atoms with van der Waals surface area (Å²) < 4.78 is 0. The molecule has 4 rings (SSSR count). The predicted octanol–water partition coefficient (Wildman–Crippen LogP) is 4.48. The van der Waals surface area contributed by atoms with Crippen molar-refractivity contribution in [3.8, 4) is 34.3 Å². The second-order valence-corrected chi connectivity index (χ2v) is 7.90. The van der Waals surface area contributed by atoms with Crippen molar-refractivity contribution in [2.24, 2.45) is 0 Å². The Morgan fingerprint density at radius 3 is 2.19 bits per heavy atom. The highest BCUT2D eigenvalue weighted by molar-refractivity contribution is 7.16. The highest BCUT2D eigenvalue weighted by Gasteiger charge is 2.18. The first-order chi connectivity index (χ1) is 14.9. The number of benzene rings is 3. The molecule has 0 aliphatic carbocycles. The van der Waals surface area contributed by atoms with Crippen molar-refractivity contribution in [3.05, 3.63) is 82.7 Å². The molecule has 7 nitrogen and oxygen atoms in total. The minimum atomic E-state index is -0.689. The zero-order chi connectivity index (χ0) is 22.0. The van der Waals surface area contributed by atoms with Crippen molar-refractivity contribution < 1.29 is 25.2 Å². The monoisotopic (exact) mass is 434 g/mol. The highest BCUT2D eigenvalue weighted by Crippen LogP contribution is 2.37. The number of aromatic nitrogens is 1. The van der Waals surface area contributed by atoms with Crippen molar-refractivity contribution in [2.45, 2.75) is 6.42 Å². The van der Waals surface area contributed by atoms with E-state index in [4.69, 9.17) is 0 Å². The van der Waals surface area contributed by atoms with Gasteiger partial charge in [0.1, 0.15) is 5.75 Å². The molecule has 156 valence electrons. The molecule has 0 radical (unpaired) electrons. The molecule has 0 unspecified atom stereocenters. The molecule has 5 N–H and O–H groups in total. The van der Waals surface area contributed by atoms with E-state index >= 15 is 0 Å². The Balaban J connectivity index is 1.67. The molecule has 0 fully saturated rings. The van der Waals surface area contributed by atoms with E-state index in [-0.39, 0.29) is 11.3 Å². The van der Waals surface area contributed by atoms with Crippen molar-refractivity contribution in [3.63, 3.8) is 0 Å². The molecule has 0 aliphatic heterocycles. The Bertz CT molecular complexity index is 1210. The van der Waals surface area contributed by atoms with E-state index in [9.17, 15) is 25.2 Å². The molecule has 8 heteroatoms. The van der Waals surface area contributed by atoms with Gasteiger partial charge in [0.25, 0.3) is 5.91 Å². The number of hydrogen-bond donors (Lipinski definition) is 5. The Morgan fingerprint density at radius 2 is 1.55 bits per heavy atom. The molecule has 4 aromatic rings. The third-order valence-corrected chi connectivity index (χ3v) is 5.57. The van der Waals surface area contributed by atoms with E-state index < -0.39 is 23.2 Å². The van der Waals surface area contributed by atoms with Crippen LogP contribution < -0.4 is 5.32 Å². The third kappa shape index (κ3) is 4.44. The molecule has 1 amide bonds. The molecule has 31 heavy (non-hydrogen) atoms. The van der Waals surface area contributed by atoms with Crippen LogP contribution in [-0.2, 0) is 6.42 Å². The second kappa shape index (κ2) is 8.37. The van der Waals surface area contributed by atoms with Crippen LogP contribution >= 0.6 is 11.3 Å². The fraction of sp³-hybridized carbons (Fsp3) is 0.0435. The molecule has 3 aromatic carbocycles. The van der Waals surface area contributed by atoms with Gasteiger partial charge in [0.2, 0.25) is 0 Å². The molecule has 1 aromatic heterocycles. The number of rotatable bonds is 5. The molecular weight excluding hydrogens is 416 g/mol. The van der Waals surface area contributed by atoms with Crippen molar-refractivity contribution >= 4 is 22.4 Å². The molecular formula is C23H18N2O5S. The zero-order valence-electron chi connectivity index (χ0n) is 16.1. The summed E-state index contributed by atoms with van der Waals surface area (Å²) in [4.78, 5) is 18.1. The lowest BCUT2D eigenvalue weighted by molar-refractivity contribution is 0.102. The van der Waals surface area contributed by atoms with Gasteiger partial charge in [0.05, 0.1) is 5.69 Å². The van der Waals surface area contributed by atoms with Gasteiger partial charge < -0.3 is 20.4 Å². The van der Waals surface area contributed by atoms with E-state index in [2.05, 4.69) is 10.3 Å². The minimum Gasteiger partial charge on any atom is -0.508 e. The summed E-state index contributed by atoms with van der Waals surface area (Å²) in [6.45, 7) is 0. The lowest BCUT2D eigenvalue weighted by Gasteiger charge is -2.05. The Hall–Kier alpha value is -4.04. The second-order valence-electron chi connectivity index (χ2n) is 6.82. The minimum absolute atomic E-state index is 0.0289. The summed E-state index contributed by atoms with van der Waals surface area (Å²) in [6, 6.07) is 18.6. The van der Waals surface area contributed by atoms with Gasteiger partial charge in [0, 0.05) is 22.4 Å². The summed E-state index contributed by atoms with van der Waals surface area (Å²) >= 11 is 1.31. The topological polar surface area (TPSA) is 123 Å². The van der Waals surface area contributed by atoms with E-state index in [1.54, 1.807) is 24.3 Å². The van der Waals surface area contributed by atoms with Gasteiger partial charge in [-0.05, 0) is 42.0 Å². The number of phenolic OH excluding ortho intramolecular Hbond substituents is 4. The van der Waals surface area contributed by atoms with E-state index in [1.165, 1.54) is 11.3 Å². The van der Waals surface area contributed by atoms with Gasteiger partial charge in [-0.15, -0.1) is 11.3 Å². The van der Waals surface area contributed by atoms with Gasteiger partial charge in [-0.25, -0.2) is 4.98 Å². The number of carbonyl (C=O) groups excluding carboxylic acids is 1. The fourth-order valence-corrected chi connectivity index (χ4v) is 4.07. The number of hydrogen-bond acceptors (Lipinski definition) is 7. The maximum atomic E-state index is 12.6. The number of nitrogens with one attached hydrogen (secondary N) is 1.